The van der Waals surface area contributed by atoms with Crippen molar-refractivity contribution in [2.24, 2.45) is 5.73 Å². The first-order chi connectivity index (χ1) is 10.9. The summed E-state index contributed by atoms with van der Waals surface area (Å²) in [5.74, 6) is 0.0873. The summed E-state index contributed by atoms with van der Waals surface area (Å²) in [6, 6.07) is 6.75. The number of halogens is 3. The zero-order chi connectivity index (χ0) is 16.9. The van der Waals surface area contributed by atoms with E-state index in [-0.39, 0.29) is 5.75 Å². The third-order valence-electron chi connectivity index (χ3n) is 2.66. The van der Waals surface area contributed by atoms with Gasteiger partial charge in [-0.2, -0.15) is 0 Å². The van der Waals surface area contributed by atoms with Gasteiger partial charge in [-0.25, -0.2) is 9.97 Å². The molecule has 6 nitrogen and oxygen atoms in total. The Hall–Kier alpha value is -3.10. The summed E-state index contributed by atoms with van der Waals surface area (Å²) in [6.07, 6.45) is -1.15. The summed E-state index contributed by atoms with van der Waals surface area (Å²) in [5.41, 5.74) is 6.75. The van der Waals surface area contributed by atoms with E-state index in [4.69, 9.17) is 11.1 Å². The van der Waals surface area contributed by atoms with Crippen molar-refractivity contribution in [1.29, 1.82) is 5.41 Å². The fourth-order valence-electron chi connectivity index (χ4n) is 1.68. The summed E-state index contributed by atoms with van der Waals surface area (Å²) in [4.78, 5) is 7.97. The van der Waals surface area contributed by atoms with E-state index in [2.05, 4.69) is 20.0 Å². The molecule has 0 aliphatic carbocycles. The summed E-state index contributed by atoms with van der Waals surface area (Å²) in [5, 5.41) is 10.1. The number of nitrogens with two attached hydrogens (primary N) is 1. The Morgan fingerprint density at radius 1 is 1.22 bits per heavy atom. The van der Waals surface area contributed by atoms with E-state index < -0.39 is 6.36 Å². The van der Waals surface area contributed by atoms with Crippen molar-refractivity contribution in [1.82, 2.24) is 9.97 Å². The largest absolute Gasteiger partial charge is 0.573 e. The van der Waals surface area contributed by atoms with Crippen LogP contribution in [0.4, 0.5) is 24.7 Å². The Morgan fingerprint density at radius 3 is 2.48 bits per heavy atom. The van der Waals surface area contributed by atoms with Crippen LogP contribution >= 0.6 is 0 Å². The predicted octanol–water partition coefficient (Wildman–Crippen LogP) is 3.07. The fourth-order valence-corrected chi connectivity index (χ4v) is 1.68. The molecule has 0 amide bonds. The van der Waals surface area contributed by atoms with Crippen LogP contribution in [0.1, 0.15) is 5.69 Å². The number of rotatable bonds is 5. The number of anilines is 2. The molecule has 0 saturated heterocycles. The van der Waals surface area contributed by atoms with E-state index in [1.54, 1.807) is 6.07 Å². The molecule has 1 heterocycles. The highest BCUT2D eigenvalue weighted by Crippen LogP contribution is 2.25. The van der Waals surface area contributed by atoms with Crippen LogP contribution in [-0.4, -0.2) is 22.5 Å². The molecule has 0 radical (unpaired) electrons. The Bertz CT molecular complexity index is 713. The molecule has 2 rings (SSSR count). The van der Waals surface area contributed by atoms with Gasteiger partial charge in [0.25, 0.3) is 0 Å². The van der Waals surface area contributed by atoms with Crippen LogP contribution in [0.5, 0.6) is 5.75 Å². The van der Waals surface area contributed by atoms with E-state index >= 15 is 0 Å². The van der Waals surface area contributed by atoms with E-state index in [9.17, 15) is 13.2 Å². The molecule has 0 fully saturated rings. The number of nitrogens with one attached hydrogen (secondary N) is 2. The number of allylic oxidation sites excluding steroid dienone is 1. The first-order valence-electron chi connectivity index (χ1n) is 6.29. The van der Waals surface area contributed by atoms with Crippen molar-refractivity contribution in [3.05, 3.63) is 48.6 Å². The maximum absolute atomic E-state index is 12.1. The third kappa shape index (κ3) is 4.70. The first-order valence-corrected chi connectivity index (χ1v) is 6.29. The molecule has 1 aromatic carbocycles. The fraction of sp³-hybridized carbons (Fsp3) is 0.0714. The van der Waals surface area contributed by atoms with Crippen LogP contribution in [0.3, 0.4) is 0 Å². The Balaban J connectivity index is 2.13. The van der Waals surface area contributed by atoms with Gasteiger partial charge in [-0.15, -0.1) is 13.2 Å². The predicted molar refractivity (Wildman–Crippen MR) is 79.4 cm³/mol. The molecule has 0 aliphatic rings. The molecule has 0 saturated carbocycles. The van der Waals surface area contributed by atoms with Crippen LogP contribution in [0.15, 0.2) is 42.9 Å². The van der Waals surface area contributed by atoms with Gasteiger partial charge in [0, 0.05) is 29.7 Å². The zero-order valence-corrected chi connectivity index (χ0v) is 11.6. The quantitative estimate of drug-likeness (QED) is 0.735. The average Bonchev–Trinajstić information content (AvgIpc) is 2.50. The Labute approximate surface area is 129 Å². The van der Waals surface area contributed by atoms with Gasteiger partial charge in [0.1, 0.15) is 17.9 Å². The maximum Gasteiger partial charge on any atom is 0.573 e. The van der Waals surface area contributed by atoms with Crippen molar-refractivity contribution in [2.75, 3.05) is 5.32 Å². The minimum Gasteiger partial charge on any atom is -0.406 e. The number of hydrogen-bond acceptors (Lipinski definition) is 6. The van der Waals surface area contributed by atoms with E-state index in [1.807, 2.05) is 0 Å². The molecule has 0 aliphatic heterocycles. The zero-order valence-electron chi connectivity index (χ0n) is 11.6. The van der Waals surface area contributed by atoms with Gasteiger partial charge in [0.2, 0.25) is 0 Å². The monoisotopic (exact) mass is 323 g/mol. The van der Waals surface area contributed by atoms with Crippen molar-refractivity contribution in [2.45, 2.75) is 6.36 Å². The van der Waals surface area contributed by atoms with E-state index in [0.717, 1.165) is 6.21 Å². The summed E-state index contributed by atoms with van der Waals surface area (Å²) < 4.78 is 40.0. The highest BCUT2D eigenvalue weighted by atomic mass is 19.4. The van der Waals surface area contributed by atoms with Crippen LogP contribution in [0, 0.1) is 5.41 Å². The van der Waals surface area contributed by atoms with Crippen LogP contribution in [-0.2, 0) is 0 Å². The first kappa shape index (κ1) is 16.3. The molecular weight excluding hydrogens is 311 g/mol. The lowest BCUT2D eigenvalue weighted by Gasteiger charge is -2.10. The molecule has 2 aromatic rings. The highest BCUT2D eigenvalue weighted by molar-refractivity contribution is 6.07. The lowest BCUT2D eigenvalue weighted by Crippen LogP contribution is -2.16. The standard InChI is InChI=1S/C14H12F3N5O/c15-14(16,17)23-11-3-1-10(2-4-11)22-13-5-12(20-8-21-13)9(6-18)7-19/h1-8,18H,19H2,(H,20,21,22)/b9-7+,18-6?. The summed E-state index contributed by atoms with van der Waals surface area (Å²) in [7, 11) is 0. The maximum atomic E-state index is 12.1. The van der Waals surface area contributed by atoms with Crippen molar-refractivity contribution in [3.63, 3.8) is 0 Å². The molecule has 120 valence electrons. The average molecular weight is 323 g/mol. The number of alkyl halides is 3. The summed E-state index contributed by atoms with van der Waals surface area (Å²) >= 11 is 0. The van der Waals surface area contributed by atoms with Gasteiger partial charge in [-0.1, -0.05) is 0 Å². The Kier molecular flexibility index (Phi) is 4.79. The van der Waals surface area contributed by atoms with Crippen LogP contribution < -0.4 is 15.8 Å². The van der Waals surface area contributed by atoms with Crippen LogP contribution in [0.2, 0.25) is 0 Å². The van der Waals surface area contributed by atoms with Crippen LogP contribution in [0.25, 0.3) is 5.57 Å². The highest BCUT2D eigenvalue weighted by Gasteiger charge is 2.30. The van der Waals surface area contributed by atoms with Gasteiger partial charge in [-0.05, 0) is 24.3 Å². The molecule has 0 bridgehead atoms. The van der Waals surface area contributed by atoms with Gasteiger partial charge >= 0.3 is 6.36 Å². The number of aromatic nitrogens is 2. The Morgan fingerprint density at radius 2 is 1.91 bits per heavy atom. The minimum absolute atomic E-state index is 0.316. The molecule has 9 heteroatoms. The SMILES string of the molecule is N=C/C(=C\N)c1cc(Nc2ccc(OC(F)(F)F)cc2)ncn1. The molecule has 0 spiro atoms. The molecule has 23 heavy (non-hydrogen) atoms. The van der Waals surface area contributed by atoms with Gasteiger partial charge < -0.3 is 21.2 Å². The smallest absolute Gasteiger partial charge is 0.406 e. The molecule has 0 atom stereocenters. The van der Waals surface area contributed by atoms with Gasteiger partial charge in [-0.3, -0.25) is 0 Å². The van der Waals surface area contributed by atoms with E-state index in [0.29, 0.717) is 22.8 Å². The lowest BCUT2D eigenvalue weighted by atomic mass is 10.2. The second-order valence-corrected chi connectivity index (χ2v) is 4.25. The number of hydrogen-bond donors (Lipinski definition) is 3. The molecular formula is C14H12F3N5O. The molecule has 0 unspecified atom stereocenters. The van der Waals surface area contributed by atoms with Gasteiger partial charge in [0.15, 0.2) is 0 Å². The lowest BCUT2D eigenvalue weighted by molar-refractivity contribution is -0.274. The van der Waals surface area contributed by atoms with Crippen molar-refractivity contribution < 1.29 is 17.9 Å². The number of benzene rings is 1. The van der Waals surface area contributed by atoms with Crippen molar-refractivity contribution >= 4 is 23.3 Å². The minimum atomic E-state index is -4.73. The molecule has 1 aromatic heterocycles. The summed E-state index contributed by atoms with van der Waals surface area (Å²) in [6.45, 7) is 0. The molecule has 4 N–H and O–H groups in total. The topological polar surface area (TPSA) is 96.9 Å². The second kappa shape index (κ2) is 6.77. The number of ether oxygens (including phenoxy) is 1. The number of nitrogens with zero attached hydrogens (tertiary/aromatic N) is 2. The normalized spacial score (nSPS) is 11.9. The second-order valence-electron chi connectivity index (χ2n) is 4.25. The van der Waals surface area contributed by atoms with E-state index in [1.165, 1.54) is 36.8 Å². The third-order valence-corrected chi connectivity index (χ3v) is 2.66. The van der Waals surface area contributed by atoms with Crippen molar-refractivity contribution in [3.8, 4) is 5.75 Å². The van der Waals surface area contributed by atoms with Gasteiger partial charge in [0.05, 0.1) is 5.69 Å².